The average Bonchev–Trinajstić information content (AvgIpc) is 2.95. The van der Waals surface area contributed by atoms with Crippen LogP contribution in [0.4, 0.5) is 0 Å². The molecule has 6 nitrogen and oxygen atoms in total. The van der Waals surface area contributed by atoms with Gasteiger partial charge < -0.3 is 20.6 Å². The van der Waals surface area contributed by atoms with Gasteiger partial charge in [-0.15, -0.1) is 0 Å². The zero-order chi connectivity index (χ0) is 16.6. The fourth-order valence-corrected chi connectivity index (χ4v) is 3.36. The van der Waals surface area contributed by atoms with Crippen LogP contribution in [0.2, 0.25) is 0 Å². The third-order valence-electron chi connectivity index (χ3n) is 4.78. The highest BCUT2D eigenvalue weighted by atomic mass is 16.3. The molecule has 2 aliphatic rings. The highest BCUT2D eigenvalue weighted by Crippen LogP contribution is 2.24. The summed E-state index contributed by atoms with van der Waals surface area (Å²) in [6.07, 6.45) is -0.276. The first-order valence-electron chi connectivity index (χ1n) is 8.04. The Morgan fingerprint density at radius 2 is 2.13 bits per heavy atom. The number of carbonyl (C=O) groups is 2. The summed E-state index contributed by atoms with van der Waals surface area (Å²) in [5.41, 5.74) is 2.44. The van der Waals surface area contributed by atoms with E-state index in [2.05, 4.69) is 29.7 Å². The molecule has 3 N–H and O–H groups in total. The van der Waals surface area contributed by atoms with E-state index in [1.54, 1.807) is 4.90 Å². The fourth-order valence-electron chi connectivity index (χ4n) is 3.36. The summed E-state index contributed by atoms with van der Waals surface area (Å²) in [4.78, 5) is 26.2. The Kier molecular flexibility index (Phi) is 4.37. The second kappa shape index (κ2) is 6.29. The summed E-state index contributed by atoms with van der Waals surface area (Å²) in [6, 6.07) is 6.99. The number of aliphatic hydroxyl groups is 1. The third-order valence-corrected chi connectivity index (χ3v) is 4.78. The Bertz CT molecular complexity index is 617. The molecule has 3 rings (SSSR count). The summed E-state index contributed by atoms with van der Waals surface area (Å²) in [7, 11) is 0. The van der Waals surface area contributed by atoms with Crippen molar-refractivity contribution in [2.24, 2.45) is 0 Å². The van der Waals surface area contributed by atoms with Gasteiger partial charge in [-0.1, -0.05) is 24.3 Å². The number of benzene rings is 1. The number of hydrogen-bond acceptors (Lipinski definition) is 4. The van der Waals surface area contributed by atoms with Crippen LogP contribution in [0.5, 0.6) is 0 Å². The van der Waals surface area contributed by atoms with E-state index in [1.807, 2.05) is 12.1 Å². The fraction of sp³-hybridized carbons (Fsp3) is 0.529. The Balaban J connectivity index is 1.64. The lowest BCUT2D eigenvalue weighted by Crippen LogP contribution is -2.64. The first kappa shape index (κ1) is 16.0. The highest BCUT2D eigenvalue weighted by molar-refractivity contribution is 5.97. The molecule has 2 heterocycles. The maximum Gasteiger partial charge on any atom is 0.248 e. The molecular formula is C17H23N3O3. The molecule has 23 heavy (non-hydrogen) atoms. The topological polar surface area (TPSA) is 81.7 Å². The van der Waals surface area contributed by atoms with Crippen LogP contribution in [-0.4, -0.2) is 52.6 Å². The molecule has 2 saturated heterocycles. The molecule has 0 aliphatic carbocycles. The standard InChI is InChI=1S/C17H23N3O3/c1-10-5-3-4-6-12(10)8-18-13-7-14-16(22)19-15(11(2)21)17(23)20(14)9-13/h3-6,11,13-15,18,21H,7-9H2,1-2H3,(H,19,22)/t11-,13-,14-,15+/m0/s1. The highest BCUT2D eigenvalue weighted by Gasteiger charge is 2.47. The van der Waals surface area contributed by atoms with E-state index in [1.165, 1.54) is 18.1 Å². The van der Waals surface area contributed by atoms with Crippen LogP contribution in [0.3, 0.4) is 0 Å². The lowest BCUT2D eigenvalue weighted by Gasteiger charge is -2.35. The SMILES string of the molecule is Cc1ccccc1CN[C@H]1C[C@H]2C(=O)N[C@H]([C@H](C)O)C(=O)N2C1. The maximum atomic E-state index is 12.4. The van der Waals surface area contributed by atoms with Crippen LogP contribution in [0.1, 0.15) is 24.5 Å². The quantitative estimate of drug-likeness (QED) is 0.726. The van der Waals surface area contributed by atoms with Gasteiger partial charge in [0, 0.05) is 19.1 Å². The minimum atomic E-state index is -0.883. The van der Waals surface area contributed by atoms with Crippen molar-refractivity contribution in [1.29, 1.82) is 0 Å². The van der Waals surface area contributed by atoms with Crippen molar-refractivity contribution in [3.8, 4) is 0 Å². The smallest absolute Gasteiger partial charge is 0.248 e. The van der Waals surface area contributed by atoms with Crippen molar-refractivity contribution < 1.29 is 14.7 Å². The number of hydrogen-bond donors (Lipinski definition) is 3. The van der Waals surface area contributed by atoms with E-state index in [4.69, 9.17) is 0 Å². The summed E-state index contributed by atoms with van der Waals surface area (Å²) in [5.74, 6) is -0.361. The predicted octanol–water partition coefficient (Wildman–Crippen LogP) is -0.0667. The van der Waals surface area contributed by atoms with Gasteiger partial charge in [0.2, 0.25) is 11.8 Å². The van der Waals surface area contributed by atoms with Crippen molar-refractivity contribution in [3.63, 3.8) is 0 Å². The van der Waals surface area contributed by atoms with Crippen molar-refractivity contribution in [2.45, 2.75) is 51.0 Å². The summed E-state index contributed by atoms with van der Waals surface area (Å²) < 4.78 is 0. The van der Waals surface area contributed by atoms with Gasteiger partial charge >= 0.3 is 0 Å². The van der Waals surface area contributed by atoms with Crippen molar-refractivity contribution >= 4 is 11.8 Å². The minimum absolute atomic E-state index is 0.0852. The molecule has 0 aromatic heterocycles. The second-order valence-corrected chi connectivity index (χ2v) is 6.47. The van der Waals surface area contributed by atoms with Gasteiger partial charge in [0.25, 0.3) is 0 Å². The molecule has 0 radical (unpaired) electrons. The number of nitrogens with zero attached hydrogens (tertiary/aromatic N) is 1. The van der Waals surface area contributed by atoms with Gasteiger partial charge in [-0.2, -0.15) is 0 Å². The van der Waals surface area contributed by atoms with Crippen LogP contribution in [0.25, 0.3) is 0 Å². The Morgan fingerprint density at radius 1 is 1.39 bits per heavy atom. The van der Waals surface area contributed by atoms with Crippen molar-refractivity contribution in [1.82, 2.24) is 15.5 Å². The van der Waals surface area contributed by atoms with Gasteiger partial charge in [-0.3, -0.25) is 9.59 Å². The Morgan fingerprint density at radius 3 is 2.83 bits per heavy atom. The lowest BCUT2D eigenvalue weighted by molar-refractivity contribution is -0.149. The van der Waals surface area contributed by atoms with Gasteiger partial charge in [0.15, 0.2) is 0 Å². The normalized spacial score (nSPS) is 28.5. The predicted molar refractivity (Wildman–Crippen MR) is 85.5 cm³/mol. The van der Waals surface area contributed by atoms with Crippen molar-refractivity contribution in [3.05, 3.63) is 35.4 Å². The monoisotopic (exact) mass is 317 g/mol. The van der Waals surface area contributed by atoms with Crippen LogP contribution < -0.4 is 10.6 Å². The molecule has 2 aliphatic heterocycles. The van der Waals surface area contributed by atoms with Crippen LogP contribution in [0.15, 0.2) is 24.3 Å². The van der Waals surface area contributed by atoms with Crippen LogP contribution >= 0.6 is 0 Å². The van der Waals surface area contributed by atoms with E-state index in [-0.39, 0.29) is 17.9 Å². The number of nitrogens with one attached hydrogen (secondary N) is 2. The van der Waals surface area contributed by atoms with Crippen LogP contribution in [-0.2, 0) is 16.1 Å². The van der Waals surface area contributed by atoms with Gasteiger partial charge in [0.05, 0.1) is 6.10 Å². The van der Waals surface area contributed by atoms with E-state index in [9.17, 15) is 14.7 Å². The molecule has 0 bridgehead atoms. The molecule has 0 saturated carbocycles. The van der Waals surface area contributed by atoms with E-state index in [0.29, 0.717) is 19.5 Å². The summed E-state index contributed by atoms with van der Waals surface area (Å²) in [5, 5.41) is 15.7. The van der Waals surface area contributed by atoms with Crippen molar-refractivity contribution in [2.75, 3.05) is 6.54 Å². The van der Waals surface area contributed by atoms with E-state index >= 15 is 0 Å². The Hall–Kier alpha value is -1.92. The molecule has 0 unspecified atom stereocenters. The summed E-state index contributed by atoms with van der Waals surface area (Å²) >= 11 is 0. The molecule has 2 fully saturated rings. The van der Waals surface area contributed by atoms with Gasteiger partial charge in [-0.05, 0) is 31.4 Å². The van der Waals surface area contributed by atoms with Crippen LogP contribution in [0, 0.1) is 6.92 Å². The number of rotatable bonds is 4. The van der Waals surface area contributed by atoms with Gasteiger partial charge in [0.1, 0.15) is 12.1 Å². The summed E-state index contributed by atoms with van der Waals surface area (Å²) in [6.45, 7) is 4.81. The largest absolute Gasteiger partial charge is 0.391 e. The molecule has 124 valence electrons. The molecule has 2 amide bonds. The minimum Gasteiger partial charge on any atom is -0.391 e. The third kappa shape index (κ3) is 3.09. The van der Waals surface area contributed by atoms with E-state index in [0.717, 1.165) is 0 Å². The molecular weight excluding hydrogens is 294 g/mol. The number of piperazine rings is 1. The molecule has 6 heteroatoms. The zero-order valence-corrected chi connectivity index (χ0v) is 13.5. The number of carbonyl (C=O) groups excluding carboxylic acids is 2. The first-order chi connectivity index (χ1) is 11.0. The molecule has 1 aromatic carbocycles. The second-order valence-electron chi connectivity index (χ2n) is 6.47. The maximum absolute atomic E-state index is 12.4. The lowest BCUT2D eigenvalue weighted by atomic mass is 10.0. The molecule has 1 aromatic rings. The zero-order valence-electron chi connectivity index (χ0n) is 13.5. The number of fused-ring (bicyclic) bond motifs is 1. The number of aliphatic hydroxyl groups excluding tert-OH is 1. The molecule has 4 atom stereocenters. The number of aryl methyl sites for hydroxylation is 1. The van der Waals surface area contributed by atoms with Gasteiger partial charge in [-0.25, -0.2) is 0 Å². The average molecular weight is 317 g/mol. The first-order valence-corrected chi connectivity index (χ1v) is 8.04. The molecule has 0 spiro atoms. The van der Waals surface area contributed by atoms with E-state index < -0.39 is 18.2 Å². The number of amides is 2. The Labute approximate surface area is 135 Å².